The first kappa shape index (κ1) is 14.6. The molecule has 1 atom stereocenters. The quantitative estimate of drug-likeness (QED) is 0.671. The Bertz CT molecular complexity index is 541. The van der Waals surface area contributed by atoms with Gasteiger partial charge in [0, 0.05) is 24.4 Å². The maximum Gasteiger partial charge on any atom is 0.418 e. The smallest absolute Gasteiger partial charge is 0.384 e. The van der Waals surface area contributed by atoms with Gasteiger partial charge in [0.25, 0.3) is 5.69 Å². The number of nitro groups is 1. The van der Waals surface area contributed by atoms with Gasteiger partial charge < -0.3 is 5.32 Å². The highest BCUT2D eigenvalue weighted by molar-refractivity contribution is 5.57. The van der Waals surface area contributed by atoms with Crippen LogP contribution in [0, 0.1) is 21.4 Å². The van der Waals surface area contributed by atoms with E-state index in [-0.39, 0.29) is 11.1 Å². The number of halogens is 3. The third kappa shape index (κ3) is 3.02. The molecule has 1 fully saturated rings. The van der Waals surface area contributed by atoms with E-state index in [0.717, 1.165) is 18.6 Å². The number of nitrogens with one attached hydrogen (secondary N) is 1. The molecule has 1 N–H and O–H groups in total. The maximum atomic E-state index is 12.9. The van der Waals surface area contributed by atoms with Gasteiger partial charge in [-0.15, -0.1) is 0 Å². The largest absolute Gasteiger partial charge is 0.418 e. The molecular weight excluding hydrogens is 273 g/mol. The minimum Gasteiger partial charge on any atom is -0.384 e. The van der Waals surface area contributed by atoms with Crippen molar-refractivity contribution in [1.29, 1.82) is 0 Å². The lowest BCUT2D eigenvalue weighted by Gasteiger charge is -2.14. The second kappa shape index (κ2) is 4.64. The van der Waals surface area contributed by atoms with Gasteiger partial charge in [0.2, 0.25) is 0 Å². The van der Waals surface area contributed by atoms with Crippen LogP contribution in [-0.4, -0.2) is 11.5 Å². The molecule has 0 saturated heterocycles. The van der Waals surface area contributed by atoms with Crippen LogP contribution in [0.4, 0.5) is 24.5 Å². The zero-order valence-electron chi connectivity index (χ0n) is 11.1. The van der Waals surface area contributed by atoms with E-state index < -0.39 is 22.4 Å². The molecule has 1 saturated carbocycles. The number of nitro benzene ring substituents is 1. The second-order valence-electron chi connectivity index (χ2n) is 5.76. The minimum atomic E-state index is -4.62. The van der Waals surface area contributed by atoms with Gasteiger partial charge in [-0.2, -0.15) is 13.2 Å². The average molecular weight is 288 g/mol. The van der Waals surface area contributed by atoms with Crippen molar-refractivity contribution in [2.45, 2.75) is 26.4 Å². The number of hydrogen-bond acceptors (Lipinski definition) is 3. The van der Waals surface area contributed by atoms with Crippen LogP contribution >= 0.6 is 0 Å². The molecule has 20 heavy (non-hydrogen) atoms. The topological polar surface area (TPSA) is 55.2 Å². The minimum absolute atomic E-state index is 0.106. The average Bonchev–Trinajstić information content (AvgIpc) is 2.93. The van der Waals surface area contributed by atoms with Gasteiger partial charge in [-0.3, -0.25) is 10.1 Å². The molecule has 1 aliphatic rings. The van der Waals surface area contributed by atoms with E-state index in [2.05, 4.69) is 19.2 Å². The van der Waals surface area contributed by atoms with Gasteiger partial charge >= 0.3 is 6.18 Å². The molecule has 0 spiro atoms. The Morgan fingerprint density at radius 2 is 2.05 bits per heavy atom. The molecule has 110 valence electrons. The van der Waals surface area contributed by atoms with Gasteiger partial charge in [0.15, 0.2) is 0 Å². The highest BCUT2D eigenvalue weighted by Crippen LogP contribution is 2.51. The summed E-state index contributed by atoms with van der Waals surface area (Å²) in [6.45, 7) is 4.55. The van der Waals surface area contributed by atoms with E-state index >= 15 is 0 Å². The molecule has 0 radical (unpaired) electrons. The molecule has 2 rings (SSSR count). The first-order valence-corrected chi connectivity index (χ1v) is 6.21. The van der Waals surface area contributed by atoms with Gasteiger partial charge in [0.1, 0.15) is 0 Å². The van der Waals surface area contributed by atoms with Crippen molar-refractivity contribution in [1.82, 2.24) is 0 Å². The molecule has 0 amide bonds. The van der Waals surface area contributed by atoms with E-state index in [1.807, 2.05) is 0 Å². The fourth-order valence-electron chi connectivity index (χ4n) is 2.19. The Balaban J connectivity index is 2.21. The summed E-state index contributed by atoms with van der Waals surface area (Å²) >= 11 is 0. The summed E-state index contributed by atoms with van der Waals surface area (Å²) < 4.78 is 38.8. The Labute approximate surface area is 114 Å². The standard InChI is InChI=1S/C13H15F3N2O2/c1-12(2)6-8(12)7-17-11-4-3-9(18(19)20)5-10(11)13(14,15)16/h3-5,8,17H,6-7H2,1-2H3. The van der Waals surface area contributed by atoms with E-state index in [9.17, 15) is 23.3 Å². The van der Waals surface area contributed by atoms with E-state index in [4.69, 9.17) is 0 Å². The predicted molar refractivity (Wildman–Crippen MR) is 68.5 cm³/mol. The molecule has 7 heteroatoms. The van der Waals surface area contributed by atoms with E-state index in [0.29, 0.717) is 18.5 Å². The lowest BCUT2D eigenvalue weighted by Crippen LogP contribution is -2.14. The number of anilines is 1. The summed E-state index contributed by atoms with van der Waals surface area (Å²) in [6, 6.07) is 2.77. The van der Waals surface area contributed by atoms with Crippen LogP contribution in [0.1, 0.15) is 25.8 Å². The summed E-state index contributed by atoms with van der Waals surface area (Å²) in [4.78, 5) is 9.74. The van der Waals surface area contributed by atoms with Crippen molar-refractivity contribution >= 4 is 11.4 Å². The molecule has 0 heterocycles. The van der Waals surface area contributed by atoms with Crippen LogP contribution in [0.3, 0.4) is 0 Å². The number of benzene rings is 1. The summed E-state index contributed by atoms with van der Waals surface area (Å²) in [6.07, 6.45) is -3.65. The molecule has 1 aliphatic carbocycles. The zero-order valence-corrected chi connectivity index (χ0v) is 11.1. The first-order valence-electron chi connectivity index (χ1n) is 6.21. The number of rotatable bonds is 4. The lowest BCUT2D eigenvalue weighted by atomic mass is 10.1. The van der Waals surface area contributed by atoms with Crippen molar-refractivity contribution in [3.63, 3.8) is 0 Å². The van der Waals surface area contributed by atoms with Crippen LogP contribution in [0.5, 0.6) is 0 Å². The Morgan fingerprint density at radius 1 is 1.45 bits per heavy atom. The van der Waals surface area contributed by atoms with Crippen molar-refractivity contribution in [3.05, 3.63) is 33.9 Å². The van der Waals surface area contributed by atoms with Crippen molar-refractivity contribution in [3.8, 4) is 0 Å². The van der Waals surface area contributed by atoms with Crippen LogP contribution in [0.15, 0.2) is 18.2 Å². The third-order valence-electron chi connectivity index (χ3n) is 3.78. The summed E-state index contributed by atoms with van der Waals surface area (Å²) in [5.74, 6) is 0.332. The fourth-order valence-corrected chi connectivity index (χ4v) is 2.19. The number of nitrogens with zero attached hydrogens (tertiary/aromatic N) is 1. The Morgan fingerprint density at radius 3 is 2.50 bits per heavy atom. The lowest BCUT2D eigenvalue weighted by molar-refractivity contribution is -0.385. The summed E-state index contributed by atoms with van der Waals surface area (Å²) in [5.41, 5.74) is -1.50. The monoisotopic (exact) mass is 288 g/mol. The normalized spacial score (nSPS) is 20.6. The second-order valence-corrected chi connectivity index (χ2v) is 5.76. The van der Waals surface area contributed by atoms with Crippen LogP contribution in [0.25, 0.3) is 0 Å². The highest BCUT2D eigenvalue weighted by Gasteiger charge is 2.45. The van der Waals surface area contributed by atoms with Crippen LogP contribution in [0.2, 0.25) is 0 Å². The van der Waals surface area contributed by atoms with Crippen LogP contribution < -0.4 is 5.32 Å². The summed E-state index contributed by atoms with van der Waals surface area (Å²) in [5, 5.41) is 13.3. The predicted octanol–water partition coefficient (Wildman–Crippen LogP) is 4.07. The van der Waals surface area contributed by atoms with E-state index in [1.165, 1.54) is 0 Å². The summed E-state index contributed by atoms with van der Waals surface area (Å²) in [7, 11) is 0. The molecule has 1 unspecified atom stereocenters. The number of non-ortho nitro benzene ring substituents is 1. The third-order valence-corrected chi connectivity index (χ3v) is 3.78. The van der Waals surface area contributed by atoms with Crippen LogP contribution in [-0.2, 0) is 6.18 Å². The SMILES string of the molecule is CC1(C)CC1CNc1ccc([N+](=O)[O-])cc1C(F)(F)F. The molecular formula is C13H15F3N2O2. The molecule has 1 aromatic rings. The van der Waals surface area contributed by atoms with Gasteiger partial charge in [-0.05, 0) is 23.8 Å². The van der Waals surface area contributed by atoms with Gasteiger partial charge in [0.05, 0.1) is 10.5 Å². The molecule has 4 nitrogen and oxygen atoms in total. The van der Waals surface area contributed by atoms with Crippen molar-refractivity contribution in [2.75, 3.05) is 11.9 Å². The Hall–Kier alpha value is -1.79. The maximum absolute atomic E-state index is 12.9. The highest BCUT2D eigenvalue weighted by atomic mass is 19.4. The molecule has 0 bridgehead atoms. The fraction of sp³-hybridized carbons (Fsp3) is 0.538. The van der Waals surface area contributed by atoms with Gasteiger partial charge in [-0.25, -0.2) is 0 Å². The van der Waals surface area contributed by atoms with Gasteiger partial charge in [-0.1, -0.05) is 13.8 Å². The number of alkyl halides is 3. The number of hydrogen-bond donors (Lipinski definition) is 1. The molecule has 1 aromatic carbocycles. The van der Waals surface area contributed by atoms with E-state index in [1.54, 1.807) is 0 Å². The van der Waals surface area contributed by atoms with Crippen molar-refractivity contribution < 1.29 is 18.1 Å². The van der Waals surface area contributed by atoms with Crippen molar-refractivity contribution in [2.24, 2.45) is 11.3 Å². The molecule has 0 aromatic heterocycles. The molecule has 0 aliphatic heterocycles. The zero-order chi connectivity index (χ0) is 15.1. The first-order chi connectivity index (χ1) is 9.11. The Kier molecular flexibility index (Phi) is 3.39.